The van der Waals surface area contributed by atoms with Crippen molar-refractivity contribution >= 4 is 22.6 Å². The summed E-state index contributed by atoms with van der Waals surface area (Å²) in [6.45, 7) is 4.12. The minimum atomic E-state index is -0.672. The number of fused-ring (bicyclic) bond motifs is 1. The monoisotopic (exact) mass is 300 g/mol. The minimum absolute atomic E-state index is 0.528. The Hall–Kier alpha value is -1.77. The molecule has 0 aliphatic rings. The molecule has 108 valence electrons. The van der Waals surface area contributed by atoms with Crippen LogP contribution >= 0.6 is 11.6 Å². The van der Waals surface area contributed by atoms with Gasteiger partial charge in [-0.25, -0.2) is 0 Å². The van der Waals surface area contributed by atoms with Gasteiger partial charge in [-0.15, -0.1) is 0 Å². The van der Waals surface area contributed by atoms with Gasteiger partial charge in [0.05, 0.1) is 5.02 Å². The Morgan fingerprint density at radius 1 is 1.10 bits per heavy atom. The number of halogens is 1. The Morgan fingerprint density at radius 2 is 1.81 bits per heavy atom. The fourth-order valence-electron chi connectivity index (χ4n) is 2.72. The Balaban J connectivity index is 1.89. The smallest absolute Gasteiger partial charge is 0.152 e. The van der Waals surface area contributed by atoms with Crippen molar-refractivity contribution in [2.75, 3.05) is 0 Å². The molecule has 0 aliphatic carbocycles. The zero-order valence-corrected chi connectivity index (χ0v) is 12.8. The first kappa shape index (κ1) is 14.2. The predicted octanol–water partition coefficient (Wildman–Crippen LogP) is 4.98. The van der Waals surface area contributed by atoms with Gasteiger partial charge in [-0.3, -0.25) is 0 Å². The summed E-state index contributed by atoms with van der Waals surface area (Å²) in [7, 11) is 0. The van der Waals surface area contributed by atoms with E-state index in [0.717, 1.165) is 10.9 Å². The molecule has 0 saturated heterocycles. The number of para-hydroxylation sites is 1. The normalized spacial score (nSPS) is 12.8. The number of aliphatic hydroxyl groups excluding tert-OH is 1. The van der Waals surface area contributed by atoms with Crippen LogP contribution in [0.3, 0.4) is 0 Å². The second-order valence-electron chi connectivity index (χ2n) is 5.52. The lowest BCUT2D eigenvalue weighted by Gasteiger charge is -2.09. The van der Waals surface area contributed by atoms with Gasteiger partial charge in [-0.1, -0.05) is 53.1 Å². The van der Waals surface area contributed by atoms with Crippen molar-refractivity contribution in [3.8, 4) is 0 Å². The summed E-state index contributed by atoms with van der Waals surface area (Å²) in [6, 6.07) is 13.7. The van der Waals surface area contributed by atoms with Crippen LogP contribution in [0.15, 0.2) is 46.9 Å². The van der Waals surface area contributed by atoms with Crippen molar-refractivity contribution in [3.63, 3.8) is 0 Å². The summed E-state index contributed by atoms with van der Waals surface area (Å²) in [5.41, 5.74) is 4.13. The van der Waals surface area contributed by atoms with E-state index in [2.05, 4.69) is 32.0 Å². The third kappa shape index (κ3) is 2.97. The standard InChI is InChI=1S/C18H17ClO2/c1-11-6-12(2)8-13(7-11)9-16(20)17-10-14-4-3-5-15(19)18(14)21-17/h3-8,10,16,20H,9H2,1-2H3. The van der Waals surface area contributed by atoms with Crippen LogP contribution in [0.5, 0.6) is 0 Å². The van der Waals surface area contributed by atoms with E-state index >= 15 is 0 Å². The lowest BCUT2D eigenvalue weighted by molar-refractivity contribution is 0.152. The fourth-order valence-corrected chi connectivity index (χ4v) is 2.94. The third-order valence-corrected chi connectivity index (χ3v) is 3.85. The van der Waals surface area contributed by atoms with Gasteiger partial charge in [0.2, 0.25) is 0 Å². The molecule has 2 aromatic carbocycles. The Bertz CT molecular complexity index is 769. The molecule has 0 spiro atoms. The van der Waals surface area contributed by atoms with Crippen LogP contribution in [0, 0.1) is 13.8 Å². The molecule has 3 heteroatoms. The zero-order chi connectivity index (χ0) is 15.0. The molecule has 0 bridgehead atoms. The van der Waals surface area contributed by atoms with Crippen molar-refractivity contribution in [1.29, 1.82) is 0 Å². The van der Waals surface area contributed by atoms with Crippen molar-refractivity contribution in [1.82, 2.24) is 0 Å². The molecule has 2 nitrogen and oxygen atoms in total. The van der Waals surface area contributed by atoms with Crippen LogP contribution in [0.1, 0.15) is 28.6 Å². The van der Waals surface area contributed by atoms with Crippen LogP contribution in [0.2, 0.25) is 5.02 Å². The van der Waals surface area contributed by atoms with E-state index in [4.69, 9.17) is 16.0 Å². The Labute approximate surface area is 129 Å². The molecule has 0 amide bonds. The highest BCUT2D eigenvalue weighted by atomic mass is 35.5. The number of rotatable bonds is 3. The maximum atomic E-state index is 10.4. The number of hydrogen-bond acceptors (Lipinski definition) is 2. The van der Waals surface area contributed by atoms with Crippen molar-refractivity contribution in [2.24, 2.45) is 0 Å². The molecular weight excluding hydrogens is 284 g/mol. The van der Waals surface area contributed by atoms with Gasteiger partial charge < -0.3 is 9.52 Å². The molecule has 0 fully saturated rings. The molecule has 1 unspecified atom stereocenters. The summed E-state index contributed by atoms with van der Waals surface area (Å²) in [5.74, 6) is 0.553. The number of aryl methyl sites for hydroxylation is 2. The van der Waals surface area contributed by atoms with Gasteiger partial charge in [0.15, 0.2) is 5.58 Å². The van der Waals surface area contributed by atoms with Crippen LogP contribution in [0.4, 0.5) is 0 Å². The van der Waals surface area contributed by atoms with Gasteiger partial charge in [0, 0.05) is 11.8 Å². The fraction of sp³-hybridized carbons (Fsp3) is 0.222. The van der Waals surface area contributed by atoms with E-state index in [1.807, 2.05) is 18.2 Å². The first-order valence-electron chi connectivity index (χ1n) is 6.96. The van der Waals surface area contributed by atoms with Crippen LogP contribution < -0.4 is 0 Å². The van der Waals surface area contributed by atoms with E-state index in [1.165, 1.54) is 11.1 Å². The molecule has 1 N–H and O–H groups in total. The van der Waals surface area contributed by atoms with E-state index in [1.54, 1.807) is 6.07 Å². The zero-order valence-electron chi connectivity index (χ0n) is 12.1. The molecule has 3 rings (SSSR count). The quantitative estimate of drug-likeness (QED) is 0.740. The molecule has 1 atom stereocenters. The van der Waals surface area contributed by atoms with E-state index in [9.17, 15) is 5.11 Å². The second kappa shape index (κ2) is 5.55. The maximum Gasteiger partial charge on any atom is 0.152 e. The van der Waals surface area contributed by atoms with Gasteiger partial charge in [0.1, 0.15) is 11.9 Å². The van der Waals surface area contributed by atoms with Gasteiger partial charge in [-0.2, -0.15) is 0 Å². The molecular formula is C18H17ClO2. The van der Waals surface area contributed by atoms with Crippen LogP contribution in [0.25, 0.3) is 11.0 Å². The second-order valence-corrected chi connectivity index (χ2v) is 5.93. The van der Waals surface area contributed by atoms with E-state index in [-0.39, 0.29) is 0 Å². The average Bonchev–Trinajstić information content (AvgIpc) is 2.83. The third-order valence-electron chi connectivity index (χ3n) is 3.55. The number of hydrogen-bond donors (Lipinski definition) is 1. The van der Waals surface area contributed by atoms with Crippen molar-refractivity contribution in [3.05, 3.63) is 69.9 Å². The summed E-state index contributed by atoms with van der Waals surface area (Å²) in [4.78, 5) is 0. The number of furan rings is 1. The highest BCUT2D eigenvalue weighted by Crippen LogP contribution is 2.30. The van der Waals surface area contributed by atoms with Gasteiger partial charge in [0.25, 0.3) is 0 Å². The molecule has 0 aliphatic heterocycles. The average molecular weight is 301 g/mol. The topological polar surface area (TPSA) is 33.4 Å². The number of aliphatic hydroxyl groups is 1. The molecule has 3 aromatic rings. The predicted molar refractivity (Wildman–Crippen MR) is 85.8 cm³/mol. The maximum absolute atomic E-state index is 10.4. The summed E-state index contributed by atoms with van der Waals surface area (Å²) < 4.78 is 5.71. The first-order valence-corrected chi connectivity index (χ1v) is 7.34. The van der Waals surface area contributed by atoms with Crippen molar-refractivity contribution in [2.45, 2.75) is 26.4 Å². The molecule has 0 saturated carbocycles. The molecule has 0 radical (unpaired) electrons. The lowest BCUT2D eigenvalue weighted by Crippen LogP contribution is -2.01. The highest BCUT2D eigenvalue weighted by molar-refractivity contribution is 6.34. The highest BCUT2D eigenvalue weighted by Gasteiger charge is 2.15. The minimum Gasteiger partial charge on any atom is -0.457 e. The SMILES string of the molecule is Cc1cc(C)cc(CC(O)c2cc3cccc(Cl)c3o2)c1. The Kier molecular flexibility index (Phi) is 3.75. The number of benzene rings is 2. The van der Waals surface area contributed by atoms with E-state index in [0.29, 0.717) is 22.8 Å². The van der Waals surface area contributed by atoms with E-state index < -0.39 is 6.10 Å². The molecule has 21 heavy (non-hydrogen) atoms. The molecule has 1 heterocycles. The van der Waals surface area contributed by atoms with Crippen LogP contribution in [-0.2, 0) is 6.42 Å². The van der Waals surface area contributed by atoms with Crippen LogP contribution in [-0.4, -0.2) is 5.11 Å². The largest absolute Gasteiger partial charge is 0.457 e. The summed E-state index contributed by atoms with van der Waals surface area (Å²) in [6.07, 6.45) is -0.144. The van der Waals surface area contributed by atoms with Gasteiger partial charge >= 0.3 is 0 Å². The molecule has 1 aromatic heterocycles. The Morgan fingerprint density at radius 3 is 2.48 bits per heavy atom. The lowest BCUT2D eigenvalue weighted by atomic mass is 10.0. The first-order chi connectivity index (χ1) is 10.0. The summed E-state index contributed by atoms with van der Waals surface area (Å²) in [5, 5.41) is 11.9. The summed E-state index contributed by atoms with van der Waals surface area (Å²) >= 11 is 6.10. The van der Waals surface area contributed by atoms with Gasteiger partial charge in [-0.05, 0) is 31.5 Å². The van der Waals surface area contributed by atoms with Crippen molar-refractivity contribution < 1.29 is 9.52 Å².